The minimum absolute atomic E-state index is 0.241. The number of quaternary nitrogens is 1. The molecule has 104 valence electrons. The van der Waals surface area contributed by atoms with Gasteiger partial charge in [-0.15, -0.1) is 0 Å². The van der Waals surface area contributed by atoms with Crippen molar-refractivity contribution in [2.45, 2.75) is 0 Å². The van der Waals surface area contributed by atoms with E-state index in [4.69, 9.17) is 12.2 Å². The van der Waals surface area contributed by atoms with E-state index in [1.165, 1.54) is 4.90 Å². The van der Waals surface area contributed by atoms with Crippen molar-refractivity contribution in [3.05, 3.63) is 34.3 Å². The Balaban J connectivity index is 2.34. The van der Waals surface area contributed by atoms with E-state index in [9.17, 15) is 4.79 Å². The van der Waals surface area contributed by atoms with Gasteiger partial charge in [0.2, 0.25) is 0 Å². The van der Waals surface area contributed by atoms with Crippen LogP contribution in [0.25, 0.3) is 0 Å². The van der Waals surface area contributed by atoms with Crippen LogP contribution in [0, 0.1) is 0 Å². The average Bonchev–Trinajstić information content (AvgIpc) is 2.36. The highest BCUT2D eigenvalue weighted by Crippen LogP contribution is 2.14. The van der Waals surface area contributed by atoms with Crippen LogP contribution in [0.15, 0.2) is 28.7 Å². The maximum atomic E-state index is 11.9. The lowest BCUT2D eigenvalue weighted by molar-refractivity contribution is -0.856. The summed E-state index contributed by atoms with van der Waals surface area (Å²) in [6, 6.07) is 7.19. The van der Waals surface area contributed by atoms with Crippen LogP contribution in [-0.4, -0.2) is 38.2 Å². The number of likely N-dealkylation sites (N-methyl/N-ethyl adjacent to an activating group) is 1. The largest absolute Gasteiger partial charge is 0.356 e. The lowest BCUT2D eigenvalue weighted by Crippen LogP contribution is -3.06. The zero-order chi connectivity index (χ0) is 14.3. The van der Waals surface area contributed by atoms with E-state index in [1.54, 1.807) is 12.1 Å². The summed E-state index contributed by atoms with van der Waals surface area (Å²) in [6.45, 7) is 1.69. The van der Waals surface area contributed by atoms with E-state index < -0.39 is 0 Å². The monoisotopic (exact) mass is 345 g/mol. The lowest BCUT2D eigenvalue weighted by Gasteiger charge is -2.13. The second kappa shape index (κ2) is 8.08. The molecule has 0 radical (unpaired) electrons. The molecule has 4 N–H and O–H groups in total. The Labute approximate surface area is 126 Å². The number of hydrazine groups is 1. The summed E-state index contributed by atoms with van der Waals surface area (Å²) in [6.07, 6.45) is 0. The van der Waals surface area contributed by atoms with Gasteiger partial charge in [-0.1, -0.05) is 12.1 Å². The normalized spacial score (nSPS) is 10.1. The third-order valence-corrected chi connectivity index (χ3v) is 3.26. The van der Waals surface area contributed by atoms with Crippen molar-refractivity contribution in [1.82, 2.24) is 16.2 Å². The topological polar surface area (TPSA) is 57.6 Å². The van der Waals surface area contributed by atoms with Gasteiger partial charge in [-0.05, 0) is 40.3 Å². The Morgan fingerprint density at radius 1 is 1.32 bits per heavy atom. The number of carbonyl (C=O) groups excluding carboxylic acids is 1. The SMILES string of the molecule is C[NH+](C)CCNC(=S)NNC(=O)c1ccccc1Br. The van der Waals surface area contributed by atoms with Gasteiger partial charge in [-0.3, -0.25) is 15.6 Å². The Bertz CT molecular complexity index is 453. The summed E-state index contributed by atoms with van der Waals surface area (Å²) in [7, 11) is 4.12. The Kier molecular flexibility index (Phi) is 6.75. The number of rotatable bonds is 4. The summed E-state index contributed by atoms with van der Waals surface area (Å²) >= 11 is 8.37. The van der Waals surface area contributed by atoms with Crippen LogP contribution >= 0.6 is 28.1 Å². The van der Waals surface area contributed by atoms with Crippen LogP contribution in [0.5, 0.6) is 0 Å². The molecule has 1 aromatic carbocycles. The van der Waals surface area contributed by atoms with Crippen molar-refractivity contribution in [3.8, 4) is 0 Å². The van der Waals surface area contributed by atoms with Crippen molar-refractivity contribution < 1.29 is 9.69 Å². The molecule has 0 fully saturated rings. The summed E-state index contributed by atoms with van der Waals surface area (Å²) < 4.78 is 0.740. The van der Waals surface area contributed by atoms with Gasteiger partial charge < -0.3 is 10.2 Å². The van der Waals surface area contributed by atoms with Crippen LogP contribution in [0.3, 0.4) is 0 Å². The number of benzene rings is 1. The molecule has 0 aliphatic carbocycles. The Morgan fingerprint density at radius 2 is 2.00 bits per heavy atom. The highest BCUT2D eigenvalue weighted by Gasteiger charge is 2.08. The standard InChI is InChI=1S/C12H17BrN4OS/c1-17(2)8-7-14-12(19)16-15-11(18)9-5-3-4-6-10(9)13/h3-6H,7-8H2,1-2H3,(H,15,18)(H2,14,16,19)/p+1. The molecule has 0 atom stereocenters. The van der Waals surface area contributed by atoms with Crippen LogP contribution in [-0.2, 0) is 0 Å². The minimum atomic E-state index is -0.241. The third-order valence-electron chi connectivity index (χ3n) is 2.32. The van der Waals surface area contributed by atoms with E-state index in [-0.39, 0.29) is 5.91 Å². The molecule has 0 unspecified atom stereocenters. The summed E-state index contributed by atoms with van der Waals surface area (Å²) in [5, 5.41) is 3.41. The molecule has 19 heavy (non-hydrogen) atoms. The van der Waals surface area contributed by atoms with Crippen molar-refractivity contribution in [1.29, 1.82) is 0 Å². The number of hydrogen-bond donors (Lipinski definition) is 4. The number of nitrogens with one attached hydrogen (secondary N) is 4. The van der Waals surface area contributed by atoms with Gasteiger partial charge in [0.1, 0.15) is 0 Å². The van der Waals surface area contributed by atoms with Crippen LogP contribution in [0.1, 0.15) is 10.4 Å². The number of thiocarbonyl (C=S) groups is 1. The fourth-order valence-corrected chi connectivity index (χ4v) is 1.91. The molecule has 0 aromatic heterocycles. The molecule has 1 amide bonds. The Morgan fingerprint density at radius 3 is 2.63 bits per heavy atom. The maximum absolute atomic E-state index is 11.9. The third kappa shape index (κ3) is 6.00. The second-order valence-electron chi connectivity index (χ2n) is 4.27. The molecule has 0 saturated carbocycles. The fraction of sp³-hybridized carbons (Fsp3) is 0.333. The van der Waals surface area contributed by atoms with Gasteiger partial charge in [0.15, 0.2) is 5.11 Å². The van der Waals surface area contributed by atoms with E-state index >= 15 is 0 Å². The van der Waals surface area contributed by atoms with Crippen LogP contribution < -0.4 is 21.1 Å². The molecule has 7 heteroatoms. The van der Waals surface area contributed by atoms with E-state index in [0.717, 1.165) is 17.6 Å². The van der Waals surface area contributed by atoms with Crippen molar-refractivity contribution in [2.75, 3.05) is 27.2 Å². The Hall–Kier alpha value is -1.18. The predicted molar refractivity (Wildman–Crippen MR) is 83.0 cm³/mol. The molecule has 0 bridgehead atoms. The first kappa shape index (κ1) is 15.9. The molecule has 5 nitrogen and oxygen atoms in total. The summed E-state index contributed by atoms with van der Waals surface area (Å²) in [4.78, 5) is 13.2. The smallest absolute Gasteiger partial charge is 0.270 e. The van der Waals surface area contributed by atoms with Gasteiger partial charge in [0, 0.05) is 4.47 Å². The highest BCUT2D eigenvalue weighted by atomic mass is 79.9. The van der Waals surface area contributed by atoms with E-state index in [1.807, 2.05) is 12.1 Å². The van der Waals surface area contributed by atoms with Gasteiger partial charge in [0.05, 0.1) is 32.7 Å². The lowest BCUT2D eigenvalue weighted by atomic mass is 10.2. The highest BCUT2D eigenvalue weighted by molar-refractivity contribution is 9.10. The van der Waals surface area contributed by atoms with Gasteiger partial charge in [0.25, 0.3) is 5.91 Å². The van der Waals surface area contributed by atoms with Gasteiger partial charge in [-0.2, -0.15) is 0 Å². The molecule has 1 rings (SSSR count). The molecular formula is C12H18BrN4OS+. The number of hydrogen-bond acceptors (Lipinski definition) is 2. The van der Waals surface area contributed by atoms with Crippen molar-refractivity contribution in [2.24, 2.45) is 0 Å². The van der Waals surface area contributed by atoms with Crippen LogP contribution in [0.4, 0.5) is 0 Å². The molecule has 0 saturated heterocycles. The van der Waals surface area contributed by atoms with Gasteiger partial charge >= 0.3 is 0 Å². The fourth-order valence-electron chi connectivity index (χ4n) is 1.30. The zero-order valence-corrected chi connectivity index (χ0v) is 13.3. The van der Waals surface area contributed by atoms with Crippen molar-refractivity contribution in [3.63, 3.8) is 0 Å². The first-order valence-electron chi connectivity index (χ1n) is 5.88. The first-order valence-corrected chi connectivity index (χ1v) is 7.08. The van der Waals surface area contributed by atoms with Crippen molar-refractivity contribution >= 4 is 39.2 Å². The quantitative estimate of drug-likeness (QED) is 0.447. The van der Waals surface area contributed by atoms with Gasteiger partial charge in [-0.25, -0.2) is 0 Å². The molecular weight excluding hydrogens is 328 g/mol. The predicted octanol–water partition coefficient (Wildman–Crippen LogP) is -0.297. The van der Waals surface area contributed by atoms with Crippen LogP contribution in [0.2, 0.25) is 0 Å². The average molecular weight is 346 g/mol. The zero-order valence-electron chi connectivity index (χ0n) is 10.9. The number of amides is 1. The number of halogens is 1. The molecule has 0 aliphatic rings. The summed E-state index contributed by atoms with van der Waals surface area (Å²) in [5.41, 5.74) is 5.77. The molecule has 0 aliphatic heterocycles. The second-order valence-corrected chi connectivity index (χ2v) is 5.53. The summed E-state index contributed by atoms with van der Waals surface area (Å²) in [5.74, 6) is -0.241. The first-order chi connectivity index (χ1) is 9.00. The maximum Gasteiger partial charge on any atom is 0.270 e. The molecule has 0 heterocycles. The van der Waals surface area contributed by atoms with E-state index in [0.29, 0.717) is 10.7 Å². The molecule has 0 spiro atoms. The minimum Gasteiger partial charge on any atom is -0.356 e. The molecule has 1 aromatic rings. The van der Waals surface area contributed by atoms with E-state index in [2.05, 4.69) is 46.2 Å². The number of carbonyl (C=O) groups is 1.